The molecule has 0 aliphatic heterocycles. The molecule has 0 saturated carbocycles. The van der Waals surface area contributed by atoms with E-state index in [2.05, 4.69) is 5.10 Å². The van der Waals surface area contributed by atoms with Gasteiger partial charge in [-0.25, -0.2) is 4.68 Å². The van der Waals surface area contributed by atoms with Crippen LogP contribution in [-0.2, 0) is 0 Å². The summed E-state index contributed by atoms with van der Waals surface area (Å²) in [5, 5.41) is 13.5. The predicted octanol–water partition coefficient (Wildman–Crippen LogP) is 1.48. The molecule has 1 aromatic carbocycles. The fourth-order valence-corrected chi connectivity index (χ4v) is 1.88. The van der Waals surface area contributed by atoms with Crippen molar-refractivity contribution in [2.45, 2.75) is 19.9 Å². The van der Waals surface area contributed by atoms with Gasteiger partial charge in [0.2, 0.25) is 0 Å². The maximum atomic E-state index is 9.09. The van der Waals surface area contributed by atoms with Crippen molar-refractivity contribution in [1.29, 1.82) is 0 Å². The van der Waals surface area contributed by atoms with Crippen molar-refractivity contribution in [3.05, 3.63) is 47.3 Å². The Kier molecular flexibility index (Phi) is 3.26. The van der Waals surface area contributed by atoms with Gasteiger partial charge in [0.05, 0.1) is 24.0 Å². The van der Waals surface area contributed by atoms with Gasteiger partial charge in [0.25, 0.3) is 0 Å². The molecular formula is C13H17N3O. The maximum absolute atomic E-state index is 9.09. The predicted molar refractivity (Wildman–Crippen MR) is 67.1 cm³/mol. The molecule has 0 saturated heterocycles. The van der Waals surface area contributed by atoms with Gasteiger partial charge in [0, 0.05) is 11.8 Å². The Labute approximate surface area is 101 Å². The van der Waals surface area contributed by atoms with Gasteiger partial charge in [-0.1, -0.05) is 18.2 Å². The molecule has 4 nitrogen and oxygen atoms in total. The van der Waals surface area contributed by atoms with Crippen LogP contribution in [0.1, 0.15) is 22.9 Å². The van der Waals surface area contributed by atoms with E-state index >= 15 is 0 Å². The van der Waals surface area contributed by atoms with Gasteiger partial charge >= 0.3 is 0 Å². The first-order chi connectivity index (χ1) is 8.13. The SMILES string of the molecule is Cc1ccccc1-n1cc(C(N)CO)c(C)n1. The summed E-state index contributed by atoms with van der Waals surface area (Å²) in [4.78, 5) is 0. The van der Waals surface area contributed by atoms with Crippen molar-refractivity contribution in [3.8, 4) is 5.69 Å². The fraction of sp³-hybridized carbons (Fsp3) is 0.308. The number of nitrogens with two attached hydrogens (primary N) is 1. The van der Waals surface area contributed by atoms with Gasteiger partial charge in [-0.2, -0.15) is 5.10 Å². The van der Waals surface area contributed by atoms with Crippen LogP contribution in [-0.4, -0.2) is 21.5 Å². The van der Waals surface area contributed by atoms with Gasteiger partial charge < -0.3 is 10.8 Å². The summed E-state index contributed by atoms with van der Waals surface area (Å²) in [6.45, 7) is 3.87. The van der Waals surface area contributed by atoms with Crippen LogP contribution >= 0.6 is 0 Å². The number of aryl methyl sites for hydroxylation is 2. The van der Waals surface area contributed by atoms with Crippen LogP contribution in [0.25, 0.3) is 5.69 Å². The molecule has 4 heteroatoms. The summed E-state index contributed by atoms with van der Waals surface area (Å²) in [7, 11) is 0. The summed E-state index contributed by atoms with van der Waals surface area (Å²) < 4.78 is 1.82. The van der Waals surface area contributed by atoms with E-state index in [1.807, 2.05) is 49.0 Å². The second-order valence-electron chi connectivity index (χ2n) is 4.19. The average molecular weight is 231 g/mol. The summed E-state index contributed by atoms with van der Waals surface area (Å²) in [6.07, 6.45) is 1.89. The molecule has 2 aromatic rings. The molecule has 1 aromatic heterocycles. The van der Waals surface area contributed by atoms with Gasteiger partial charge in [0.1, 0.15) is 0 Å². The van der Waals surface area contributed by atoms with Crippen LogP contribution < -0.4 is 5.73 Å². The van der Waals surface area contributed by atoms with E-state index in [1.165, 1.54) is 0 Å². The van der Waals surface area contributed by atoms with E-state index in [4.69, 9.17) is 10.8 Å². The van der Waals surface area contributed by atoms with Crippen LogP contribution in [0.4, 0.5) is 0 Å². The summed E-state index contributed by atoms with van der Waals surface area (Å²) in [5.74, 6) is 0. The molecule has 0 bridgehead atoms. The Balaban J connectivity index is 2.45. The minimum atomic E-state index is -0.368. The minimum absolute atomic E-state index is 0.0691. The lowest BCUT2D eigenvalue weighted by Crippen LogP contribution is -2.14. The number of aromatic nitrogens is 2. The molecule has 1 atom stereocenters. The molecule has 0 radical (unpaired) electrons. The first-order valence-corrected chi connectivity index (χ1v) is 5.62. The second kappa shape index (κ2) is 4.69. The Bertz CT molecular complexity index is 519. The van der Waals surface area contributed by atoms with Crippen LogP contribution in [0.2, 0.25) is 0 Å². The lowest BCUT2D eigenvalue weighted by atomic mass is 10.1. The summed E-state index contributed by atoms with van der Waals surface area (Å²) in [5.41, 5.74) is 9.75. The second-order valence-corrected chi connectivity index (χ2v) is 4.19. The van der Waals surface area contributed by atoms with E-state index in [0.717, 1.165) is 22.5 Å². The largest absolute Gasteiger partial charge is 0.394 e. The van der Waals surface area contributed by atoms with Crippen LogP contribution in [0.3, 0.4) is 0 Å². The summed E-state index contributed by atoms with van der Waals surface area (Å²) in [6, 6.07) is 7.65. The molecule has 3 N–H and O–H groups in total. The topological polar surface area (TPSA) is 64.1 Å². The molecule has 17 heavy (non-hydrogen) atoms. The van der Waals surface area contributed by atoms with E-state index in [-0.39, 0.29) is 12.6 Å². The molecular weight excluding hydrogens is 214 g/mol. The van der Waals surface area contributed by atoms with E-state index in [9.17, 15) is 0 Å². The molecule has 90 valence electrons. The Hall–Kier alpha value is -1.65. The number of hydrogen-bond acceptors (Lipinski definition) is 3. The van der Waals surface area contributed by atoms with Gasteiger partial charge in [0.15, 0.2) is 0 Å². The number of para-hydroxylation sites is 1. The Morgan fingerprint density at radius 1 is 1.35 bits per heavy atom. The highest BCUT2D eigenvalue weighted by molar-refractivity contribution is 5.40. The quantitative estimate of drug-likeness (QED) is 0.841. The smallest absolute Gasteiger partial charge is 0.0674 e. The van der Waals surface area contributed by atoms with Gasteiger partial charge in [-0.15, -0.1) is 0 Å². The van der Waals surface area contributed by atoms with Crippen molar-refractivity contribution >= 4 is 0 Å². The zero-order valence-electron chi connectivity index (χ0n) is 10.1. The lowest BCUT2D eigenvalue weighted by molar-refractivity contribution is 0.267. The van der Waals surface area contributed by atoms with Crippen molar-refractivity contribution < 1.29 is 5.11 Å². The van der Waals surface area contributed by atoms with Crippen LogP contribution in [0, 0.1) is 13.8 Å². The zero-order chi connectivity index (χ0) is 12.4. The third kappa shape index (κ3) is 2.23. The van der Waals surface area contributed by atoms with Gasteiger partial charge in [-0.3, -0.25) is 0 Å². The van der Waals surface area contributed by atoms with Crippen LogP contribution in [0.15, 0.2) is 30.5 Å². The van der Waals surface area contributed by atoms with Gasteiger partial charge in [-0.05, 0) is 25.5 Å². The molecule has 1 heterocycles. The maximum Gasteiger partial charge on any atom is 0.0674 e. The number of aliphatic hydroxyl groups is 1. The number of nitrogens with zero attached hydrogens (tertiary/aromatic N) is 2. The average Bonchev–Trinajstić information content (AvgIpc) is 2.71. The Morgan fingerprint density at radius 3 is 2.71 bits per heavy atom. The van der Waals surface area contributed by atoms with Crippen molar-refractivity contribution in [3.63, 3.8) is 0 Å². The number of rotatable bonds is 3. The lowest BCUT2D eigenvalue weighted by Gasteiger charge is -2.06. The molecule has 2 rings (SSSR count). The van der Waals surface area contributed by atoms with E-state index in [1.54, 1.807) is 0 Å². The third-order valence-corrected chi connectivity index (χ3v) is 2.90. The third-order valence-electron chi connectivity index (χ3n) is 2.90. The van der Waals surface area contributed by atoms with Crippen molar-refractivity contribution in [2.75, 3.05) is 6.61 Å². The highest BCUT2D eigenvalue weighted by Crippen LogP contribution is 2.18. The van der Waals surface area contributed by atoms with Crippen molar-refractivity contribution in [1.82, 2.24) is 9.78 Å². The fourth-order valence-electron chi connectivity index (χ4n) is 1.88. The normalized spacial score (nSPS) is 12.7. The first kappa shape index (κ1) is 11.8. The zero-order valence-corrected chi connectivity index (χ0v) is 10.1. The number of benzene rings is 1. The van der Waals surface area contributed by atoms with E-state index in [0.29, 0.717) is 0 Å². The molecule has 0 spiro atoms. The summed E-state index contributed by atoms with van der Waals surface area (Å²) >= 11 is 0. The minimum Gasteiger partial charge on any atom is -0.394 e. The van der Waals surface area contributed by atoms with Crippen molar-refractivity contribution in [2.24, 2.45) is 5.73 Å². The highest BCUT2D eigenvalue weighted by atomic mass is 16.3. The number of hydrogen-bond donors (Lipinski definition) is 2. The monoisotopic (exact) mass is 231 g/mol. The Morgan fingerprint density at radius 2 is 2.06 bits per heavy atom. The number of aliphatic hydroxyl groups excluding tert-OH is 1. The molecule has 1 unspecified atom stereocenters. The first-order valence-electron chi connectivity index (χ1n) is 5.62. The molecule has 0 fully saturated rings. The highest BCUT2D eigenvalue weighted by Gasteiger charge is 2.13. The molecule has 0 amide bonds. The standard InChI is InChI=1S/C13H17N3O/c1-9-5-3-4-6-13(9)16-7-11(10(2)15-16)12(14)8-17/h3-7,12,17H,8,14H2,1-2H3. The van der Waals surface area contributed by atoms with E-state index < -0.39 is 0 Å². The van der Waals surface area contributed by atoms with Crippen LogP contribution in [0.5, 0.6) is 0 Å². The molecule has 0 aliphatic rings. The molecule has 0 aliphatic carbocycles.